The summed E-state index contributed by atoms with van der Waals surface area (Å²) in [4.78, 5) is 0. The monoisotopic (exact) mass is 564 g/mol. The molecule has 0 heterocycles. The molecule has 0 amide bonds. The molecule has 0 aliphatic carbocycles. The third-order valence-corrected chi connectivity index (χ3v) is 11.9. The lowest BCUT2D eigenvalue weighted by Gasteiger charge is -2.29. The molecule has 3 nitrogen and oxygen atoms in total. The van der Waals surface area contributed by atoms with E-state index in [4.69, 9.17) is 14.2 Å². The standard InChI is InChI=1S/C35H34O3P2/c1-4-38-26-27-16-14-15-23-33(27)40(30-21-12-7-13-22-30)35-25-32(37-3)31(36-2)24-34(35)39(28-17-8-5-9-18-28)29-19-10-6-11-20-29/h5-25H,4,26H2,1-3H3. The number of hydrogen-bond donors (Lipinski definition) is 0. The molecule has 40 heavy (non-hydrogen) atoms. The van der Waals surface area contributed by atoms with Gasteiger partial charge in [0.05, 0.1) is 20.8 Å². The smallest absolute Gasteiger partial charge is 0.161 e. The zero-order valence-corrected chi connectivity index (χ0v) is 24.9. The number of benzene rings is 5. The Balaban J connectivity index is 1.84. The van der Waals surface area contributed by atoms with Gasteiger partial charge in [0.1, 0.15) is 0 Å². The summed E-state index contributed by atoms with van der Waals surface area (Å²) in [7, 11) is 1.58. The van der Waals surface area contributed by atoms with Gasteiger partial charge in [-0.05, 0) is 72.3 Å². The van der Waals surface area contributed by atoms with E-state index in [1.54, 1.807) is 14.2 Å². The molecule has 0 radical (unpaired) electrons. The molecular weight excluding hydrogens is 530 g/mol. The van der Waals surface area contributed by atoms with E-state index in [2.05, 4.69) is 127 Å². The second-order valence-corrected chi connectivity index (χ2v) is 13.5. The molecule has 5 aromatic carbocycles. The summed E-state index contributed by atoms with van der Waals surface area (Å²) in [5.74, 6) is 1.48. The Morgan fingerprint density at radius 3 is 1.40 bits per heavy atom. The topological polar surface area (TPSA) is 27.7 Å². The Bertz CT molecular complexity index is 1470. The average molecular weight is 565 g/mol. The maximum atomic E-state index is 5.95. The maximum Gasteiger partial charge on any atom is 0.161 e. The molecule has 0 saturated carbocycles. The van der Waals surface area contributed by atoms with Gasteiger partial charge in [-0.3, -0.25) is 0 Å². The summed E-state index contributed by atoms with van der Waals surface area (Å²) in [6, 6.07) is 45.6. The highest BCUT2D eigenvalue weighted by Crippen LogP contribution is 2.43. The minimum absolute atomic E-state index is 0.576. The van der Waals surface area contributed by atoms with Crippen LogP contribution in [0.4, 0.5) is 0 Å². The van der Waals surface area contributed by atoms with Crippen LogP contribution in [-0.4, -0.2) is 20.8 Å². The highest BCUT2D eigenvalue weighted by Gasteiger charge is 2.29. The second-order valence-electron chi connectivity index (χ2n) is 9.14. The molecule has 0 fully saturated rings. The molecule has 0 aliphatic heterocycles. The quantitative estimate of drug-likeness (QED) is 0.191. The normalized spacial score (nSPS) is 11.8. The summed E-state index contributed by atoms with van der Waals surface area (Å²) in [6.07, 6.45) is 0. The van der Waals surface area contributed by atoms with Gasteiger partial charge in [-0.1, -0.05) is 115 Å². The van der Waals surface area contributed by atoms with Crippen molar-refractivity contribution in [1.82, 2.24) is 0 Å². The van der Waals surface area contributed by atoms with Crippen molar-refractivity contribution >= 4 is 47.7 Å². The van der Waals surface area contributed by atoms with Crippen molar-refractivity contribution in [2.24, 2.45) is 0 Å². The van der Waals surface area contributed by atoms with Crippen LogP contribution < -0.4 is 41.3 Å². The Morgan fingerprint density at radius 2 is 0.925 bits per heavy atom. The minimum atomic E-state index is -0.956. The summed E-state index contributed by atoms with van der Waals surface area (Å²) >= 11 is 0. The van der Waals surface area contributed by atoms with E-state index in [0.29, 0.717) is 13.2 Å². The molecule has 5 aromatic rings. The lowest BCUT2D eigenvalue weighted by molar-refractivity contribution is 0.134. The molecule has 0 saturated heterocycles. The van der Waals surface area contributed by atoms with Crippen molar-refractivity contribution in [1.29, 1.82) is 0 Å². The van der Waals surface area contributed by atoms with Crippen molar-refractivity contribution in [3.63, 3.8) is 0 Å². The first kappa shape index (κ1) is 28.1. The summed E-state index contributed by atoms with van der Waals surface area (Å²) < 4.78 is 17.8. The van der Waals surface area contributed by atoms with Gasteiger partial charge in [0, 0.05) is 6.61 Å². The number of ether oxygens (including phenoxy) is 3. The number of rotatable bonds is 11. The molecular formula is C35H34O3P2. The molecule has 202 valence electrons. The van der Waals surface area contributed by atoms with Gasteiger partial charge in [-0.25, -0.2) is 0 Å². The van der Waals surface area contributed by atoms with E-state index in [-0.39, 0.29) is 0 Å². The first-order valence-electron chi connectivity index (χ1n) is 13.4. The lowest BCUT2D eigenvalue weighted by atomic mass is 10.2. The number of methoxy groups -OCH3 is 2. The van der Waals surface area contributed by atoms with Crippen LogP contribution in [0, 0.1) is 0 Å². The third-order valence-electron chi connectivity index (χ3n) is 6.70. The third kappa shape index (κ3) is 6.13. The summed E-state index contributed by atoms with van der Waals surface area (Å²) in [5, 5.41) is 7.70. The molecule has 5 heteroatoms. The van der Waals surface area contributed by atoms with E-state index >= 15 is 0 Å². The lowest BCUT2D eigenvalue weighted by Crippen LogP contribution is -2.35. The maximum absolute atomic E-state index is 5.95. The van der Waals surface area contributed by atoms with Gasteiger partial charge in [0.2, 0.25) is 0 Å². The first-order chi connectivity index (χ1) is 19.7. The van der Waals surface area contributed by atoms with E-state index in [1.165, 1.54) is 37.4 Å². The van der Waals surface area contributed by atoms with Gasteiger partial charge in [-0.15, -0.1) is 0 Å². The van der Waals surface area contributed by atoms with Crippen LogP contribution in [0.15, 0.2) is 127 Å². The van der Waals surface area contributed by atoms with Crippen LogP contribution >= 0.6 is 15.8 Å². The highest BCUT2D eigenvalue weighted by atomic mass is 31.1. The van der Waals surface area contributed by atoms with Crippen LogP contribution in [0.2, 0.25) is 0 Å². The molecule has 1 unspecified atom stereocenters. The van der Waals surface area contributed by atoms with Gasteiger partial charge in [-0.2, -0.15) is 0 Å². The van der Waals surface area contributed by atoms with Crippen LogP contribution in [-0.2, 0) is 11.3 Å². The Hall–Kier alpha value is -3.48. The van der Waals surface area contributed by atoms with Gasteiger partial charge in [0.15, 0.2) is 11.5 Å². The van der Waals surface area contributed by atoms with Gasteiger partial charge in [0.25, 0.3) is 0 Å². The van der Waals surface area contributed by atoms with Crippen LogP contribution in [0.25, 0.3) is 0 Å². The van der Waals surface area contributed by atoms with Crippen LogP contribution in [0.5, 0.6) is 11.5 Å². The fourth-order valence-electron chi connectivity index (χ4n) is 4.85. The van der Waals surface area contributed by atoms with Gasteiger partial charge >= 0.3 is 0 Å². The second kappa shape index (κ2) is 13.7. The van der Waals surface area contributed by atoms with Crippen molar-refractivity contribution in [3.05, 3.63) is 133 Å². The summed E-state index contributed by atoms with van der Waals surface area (Å²) in [5.41, 5.74) is 1.21. The van der Waals surface area contributed by atoms with Crippen molar-refractivity contribution in [2.45, 2.75) is 13.5 Å². The largest absolute Gasteiger partial charge is 0.493 e. The summed E-state index contributed by atoms with van der Waals surface area (Å²) in [6.45, 7) is 3.29. The minimum Gasteiger partial charge on any atom is -0.493 e. The SMILES string of the molecule is CCOCc1ccccc1P(c1ccccc1)c1cc(OC)c(OC)cc1P(c1ccccc1)c1ccccc1. The van der Waals surface area contributed by atoms with Gasteiger partial charge < -0.3 is 14.2 Å². The molecule has 1 atom stereocenters. The molecule has 0 aromatic heterocycles. The van der Waals surface area contributed by atoms with Crippen molar-refractivity contribution in [3.8, 4) is 11.5 Å². The average Bonchev–Trinajstić information content (AvgIpc) is 3.02. The first-order valence-corrected chi connectivity index (χ1v) is 16.1. The van der Waals surface area contributed by atoms with Crippen LogP contribution in [0.1, 0.15) is 12.5 Å². The van der Waals surface area contributed by atoms with E-state index in [9.17, 15) is 0 Å². The van der Waals surface area contributed by atoms with E-state index in [0.717, 1.165) is 11.5 Å². The Labute approximate surface area is 240 Å². The van der Waals surface area contributed by atoms with Crippen LogP contribution in [0.3, 0.4) is 0 Å². The number of hydrogen-bond acceptors (Lipinski definition) is 3. The predicted octanol–water partition coefficient (Wildman–Crippen LogP) is 5.76. The predicted molar refractivity (Wildman–Crippen MR) is 172 cm³/mol. The molecule has 0 N–H and O–H groups in total. The van der Waals surface area contributed by atoms with E-state index < -0.39 is 15.8 Å². The highest BCUT2D eigenvalue weighted by molar-refractivity contribution is 7.85. The van der Waals surface area contributed by atoms with Crippen molar-refractivity contribution in [2.75, 3.05) is 20.8 Å². The molecule has 0 aliphatic rings. The zero-order chi connectivity index (χ0) is 27.7. The Kier molecular flexibility index (Phi) is 9.63. The molecule has 0 spiro atoms. The Morgan fingerprint density at radius 1 is 0.500 bits per heavy atom. The molecule has 5 rings (SSSR count). The zero-order valence-electron chi connectivity index (χ0n) is 23.2. The molecule has 0 bridgehead atoms. The van der Waals surface area contributed by atoms with E-state index in [1.807, 2.05) is 6.92 Å². The fourth-order valence-corrected chi connectivity index (χ4v) is 10.3. The fraction of sp³-hybridized carbons (Fsp3) is 0.143. The van der Waals surface area contributed by atoms with Crippen molar-refractivity contribution < 1.29 is 14.2 Å².